The molecule has 1 aromatic rings. The zero-order chi connectivity index (χ0) is 13.9. The van der Waals surface area contributed by atoms with Gasteiger partial charge in [0.25, 0.3) is 0 Å². The highest BCUT2D eigenvalue weighted by Crippen LogP contribution is 2.29. The molecule has 0 N–H and O–H groups in total. The van der Waals surface area contributed by atoms with E-state index in [1.54, 1.807) is 0 Å². The second-order valence-electron chi connectivity index (χ2n) is 4.76. The molecule has 1 rings (SSSR count). The van der Waals surface area contributed by atoms with E-state index >= 15 is 0 Å². The number of nitro groups is 1. The van der Waals surface area contributed by atoms with Gasteiger partial charge in [0.15, 0.2) is 5.75 Å². The van der Waals surface area contributed by atoms with Crippen LogP contribution < -0.4 is 4.74 Å². The highest BCUT2D eigenvalue weighted by Gasteiger charge is 2.18. The van der Waals surface area contributed by atoms with Crippen LogP contribution in [0.5, 0.6) is 5.75 Å². The Labute approximate surface area is 106 Å². The van der Waals surface area contributed by atoms with Crippen LogP contribution in [0.1, 0.15) is 5.56 Å². The van der Waals surface area contributed by atoms with Gasteiger partial charge in [0.2, 0.25) is 0 Å². The maximum atomic E-state index is 13.7. The van der Waals surface area contributed by atoms with Gasteiger partial charge in [-0.2, -0.15) is 0 Å². The van der Waals surface area contributed by atoms with Crippen molar-refractivity contribution in [1.82, 2.24) is 0 Å². The van der Waals surface area contributed by atoms with E-state index in [-0.39, 0.29) is 17.0 Å². The van der Waals surface area contributed by atoms with Crippen LogP contribution in [0.25, 0.3) is 0 Å². The molecule has 0 bridgehead atoms. The van der Waals surface area contributed by atoms with Gasteiger partial charge in [-0.05, 0) is 0 Å². The van der Waals surface area contributed by atoms with Crippen molar-refractivity contribution in [2.24, 2.45) is 0 Å². The number of methoxy groups -OCH3 is 1. The molecule has 6 heteroatoms. The molecule has 1 aromatic carbocycles. The highest BCUT2D eigenvalue weighted by molar-refractivity contribution is 6.83. The quantitative estimate of drug-likeness (QED) is 0.358. The first kappa shape index (κ1) is 14.2. The Hall–Kier alpha value is -1.87. The number of nitro benzene ring substituents is 1. The second-order valence-corrected chi connectivity index (χ2v) is 9.51. The molecule has 4 nitrogen and oxygen atoms in total. The fourth-order valence-corrected chi connectivity index (χ4v) is 1.71. The average molecular weight is 267 g/mol. The SMILES string of the molecule is COc1cc(F)c(C#C[Si](C)(C)C)cc1[N+](=O)[O-]. The minimum atomic E-state index is -1.66. The largest absolute Gasteiger partial charge is 0.490 e. The number of ether oxygens (including phenoxy) is 1. The molecular weight excluding hydrogens is 253 g/mol. The average Bonchev–Trinajstić information content (AvgIpc) is 2.25. The van der Waals surface area contributed by atoms with Crippen LogP contribution in [0.15, 0.2) is 12.1 Å². The first-order chi connectivity index (χ1) is 8.24. The summed E-state index contributed by atoms with van der Waals surface area (Å²) in [6.45, 7) is 6.03. The monoisotopic (exact) mass is 267 g/mol. The minimum absolute atomic E-state index is 0.0323. The van der Waals surface area contributed by atoms with E-state index in [1.807, 2.05) is 19.6 Å². The zero-order valence-corrected chi connectivity index (χ0v) is 11.7. The van der Waals surface area contributed by atoms with Crippen molar-refractivity contribution in [2.45, 2.75) is 19.6 Å². The summed E-state index contributed by atoms with van der Waals surface area (Å²) in [6, 6.07) is 2.10. The molecule has 0 unspecified atom stereocenters. The first-order valence-corrected chi connectivity index (χ1v) is 8.79. The number of benzene rings is 1. The molecule has 0 radical (unpaired) electrons. The number of nitrogens with zero attached hydrogens (tertiary/aromatic N) is 1. The summed E-state index contributed by atoms with van der Waals surface area (Å²) in [6.07, 6.45) is 0. The molecule has 0 saturated heterocycles. The van der Waals surface area contributed by atoms with Gasteiger partial charge >= 0.3 is 5.69 Å². The number of hydrogen-bond acceptors (Lipinski definition) is 3. The summed E-state index contributed by atoms with van der Waals surface area (Å²) in [5, 5.41) is 10.8. The minimum Gasteiger partial charge on any atom is -0.490 e. The summed E-state index contributed by atoms with van der Waals surface area (Å²) >= 11 is 0. The van der Waals surface area contributed by atoms with Gasteiger partial charge in [-0.1, -0.05) is 25.6 Å². The van der Waals surface area contributed by atoms with E-state index in [9.17, 15) is 14.5 Å². The van der Waals surface area contributed by atoms with E-state index in [0.29, 0.717) is 0 Å². The van der Waals surface area contributed by atoms with Crippen molar-refractivity contribution in [1.29, 1.82) is 0 Å². The molecule has 0 amide bonds. The van der Waals surface area contributed by atoms with E-state index in [1.165, 1.54) is 7.11 Å². The summed E-state index contributed by atoms with van der Waals surface area (Å²) in [5.41, 5.74) is 2.72. The fourth-order valence-electron chi connectivity index (χ4n) is 1.20. The molecule has 0 aliphatic carbocycles. The third kappa shape index (κ3) is 3.57. The molecule has 0 spiro atoms. The standard InChI is InChI=1S/C12H14FNO3Si/c1-17-12-8-10(13)9(5-6-18(2,3)4)7-11(12)14(15)16/h7-8H,1-4H3. The number of rotatable bonds is 2. The molecule has 0 aromatic heterocycles. The lowest BCUT2D eigenvalue weighted by molar-refractivity contribution is -0.385. The van der Waals surface area contributed by atoms with E-state index in [0.717, 1.165) is 12.1 Å². The topological polar surface area (TPSA) is 52.4 Å². The Morgan fingerprint density at radius 3 is 2.44 bits per heavy atom. The third-order valence-electron chi connectivity index (χ3n) is 2.04. The van der Waals surface area contributed by atoms with Crippen molar-refractivity contribution in [3.8, 4) is 17.2 Å². The highest BCUT2D eigenvalue weighted by atomic mass is 28.3. The first-order valence-electron chi connectivity index (χ1n) is 5.29. The number of halogens is 1. The molecule has 0 fully saturated rings. The maximum absolute atomic E-state index is 13.7. The Balaban J connectivity index is 3.33. The second kappa shape index (κ2) is 5.19. The molecular formula is C12H14FNO3Si. The van der Waals surface area contributed by atoms with Gasteiger partial charge in [-0.25, -0.2) is 4.39 Å². The molecule has 0 aliphatic heterocycles. The molecule has 96 valence electrons. The Morgan fingerprint density at radius 2 is 2.00 bits per heavy atom. The molecule has 0 saturated carbocycles. The van der Waals surface area contributed by atoms with Crippen LogP contribution in [-0.2, 0) is 0 Å². The Bertz CT molecular complexity index is 541. The zero-order valence-electron chi connectivity index (χ0n) is 10.7. The Kier molecular flexibility index (Phi) is 4.09. The van der Waals surface area contributed by atoms with Crippen LogP contribution >= 0.6 is 0 Å². The van der Waals surface area contributed by atoms with Crippen molar-refractivity contribution >= 4 is 13.8 Å². The third-order valence-corrected chi connectivity index (χ3v) is 2.91. The molecule has 0 heterocycles. The molecule has 18 heavy (non-hydrogen) atoms. The van der Waals surface area contributed by atoms with Crippen LogP contribution in [0, 0.1) is 27.4 Å². The van der Waals surface area contributed by atoms with E-state index in [2.05, 4.69) is 11.5 Å². The fraction of sp³-hybridized carbons (Fsp3) is 0.333. The summed E-state index contributed by atoms with van der Waals surface area (Å²) < 4.78 is 18.4. The molecule has 0 aliphatic rings. The summed E-state index contributed by atoms with van der Waals surface area (Å²) in [7, 11) is -0.399. The van der Waals surface area contributed by atoms with Gasteiger partial charge < -0.3 is 4.74 Å². The van der Waals surface area contributed by atoms with Crippen LogP contribution in [-0.4, -0.2) is 20.1 Å². The smallest absolute Gasteiger partial charge is 0.312 e. The van der Waals surface area contributed by atoms with Crippen molar-refractivity contribution in [3.05, 3.63) is 33.6 Å². The van der Waals surface area contributed by atoms with Gasteiger partial charge in [0.1, 0.15) is 13.9 Å². The van der Waals surface area contributed by atoms with Gasteiger partial charge in [0.05, 0.1) is 17.6 Å². The van der Waals surface area contributed by atoms with Crippen LogP contribution in [0.3, 0.4) is 0 Å². The molecule has 0 atom stereocenters. The lowest BCUT2D eigenvalue weighted by Gasteiger charge is -2.05. The Morgan fingerprint density at radius 1 is 1.39 bits per heavy atom. The normalized spacial score (nSPS) is 10.5. The lowest BCUT2D eigenvalue weighted by Crippen LogP contribution is -2.16. The maximum Gasteiger partial charge on any atom is 0.312 e. The van der Waals surface area contributed by atoms with Crippen molar-refractivity contribution in [3.63, 3.8) is 0 Å². The predicted octanol–water partition coefficient (Wildman–Crippen LogP) is 2.97. The van der Waals surface area contributed by atoms with Gasteiger partial charge in [-0.15, -0.1) is 5.54 Å². The summed E-state index contributed by atoms with van der Waals surface area (Å²) in [5.74, 6) is 1.97. The summed E-state index contributed by atoms with van der Waals surface area (Å²) in [4.78, 5) is 10.2. The van der Waals surface area contributed by atoms with E-state index in [4.69, 9.17) is 4.74 Å². The van der Waals surface area contributed by atoms with Gasteiger partial charge in [0, 0.05) is 12.1 Å². The van der Waals surface area contributed by atoms with Crippen LogP contribution in [0.2, 0.25) is 19.6 Å². The number of hydrogen-bond donors (Lipinski definition) is 0. The lowest BCUT2D eigenvalue weighted by atomic mass is 10.2. The van der Waals surface area contributed by atoms with Crippen molar-refractivity contribution < 1.29 is 14.1 Å². The predicted molar refractivity (Wildman–Crippen MR) is 69.8 cm³/mol. The van der Waals surface area contributed by atoms with Crippen LogP contribution in [0.4, 0.5) is 10.1 Å². The van der Waals surface area contributed by atoms with Gasteiger partial charge in [-0.3, -0.25) is 10.1 Å². The van der Waals surface area contributed by atoms with Crippen molar-refractivity contribution in [2.75, 3.05) is 7.11 Å². The van der Waals surface area contributed by atoms with E-state index < -0.39 is 18.8 Å².